The van der Waals surface area contributed by atoms with Gasteiger partial charge in [-0.2, -0.15) is 0 Å². The Hall–Kier alpha value is -2.31. The Balaban J connectivity index is 1.42. The standard InChI is InChI=1S/C26H34ClN5O/c1-2-10-30-12-14-31(15-13-30)21-6-3-5-20(16-21)22-17-28-18-23(27)24(22)32-11-4-7-26(19-32)8-9-29-25(26)33/h3,5-6,16-18H,2,4,7-15,19H2,1H3,(H,29,33). The number of carbonyl (C=O) groups is 1. The Morgan fingerprint density at radius 3 is 2.70 bits per heavy atom. The molecule has 3 fully saturated rings. The lowest BCUT2D eigenvalue weighted by atomic mass is 9.78. The van der Waals surface area contributed by atoms with Crippen LogP contribution in [-0.4, -0.2) is 68.1 Å². The first-order chi connectivity index (χ1) is 16.1. The van der Waals surface area contributed by atoms with Gasteiger partial charge in [0.2, 0.25) is 5.91 Å². The third kappa shape index (κ3) is 4.43. The van der Waals surface area contributed by atoms with E-state index in [0.717, 1.165) is 75.3 Å². The summed E-state index contributed by atoms with van der Waals surface area (Å²) in [6, 6.07) is 8.76. The van der Waals surface area contributed by atoms with Gasteiger partial charge in [0, 0.05) is 69.5 Å². The molecule has 0 aliphatic carbocycles. The molecule has 2 aromatic rings. The molecule has 1 aromatic heterocycles. The lowest BCUT2D eigenvalue weighted by molar-refractivity contribution is -0.128. The van der Waals surface area contributed by atoms with Crippen LogP contribution in [0.4, 0.5) is 11.4 Å². The molecule has 6 nitrogen and oxygen atoms in total. The van der Waals surface area contributed by atoms with Crippen molar-refractivity contribution in [3.05, 3.63) is 41.7 Å². The van der Waals surface area contributed by atoms with Crippen molar-refractivity contribution in [3.8, 4) is 11.1 Å². The summed E-state index contributed by atoms with van der Waals surface area (Å²) in [7, 11) is 0. The van der Waals surface area contributed by atoms with Gasteiger partial charge in [0.25, 0.3) is 0 Å². The highest BCUT2D eigenvalue weighted by molar-refractivity contribution is 6.33. The molecule has 3 aliphatic heterocycles. The van der Waals surface area contributed by atoms with Crippen molar-refractivity contribution in [1.29, 1.82) is 0 Å². The van der Waals surface area contributed by atoms with Crippen molar-refractivity contribution in [2.45, 2.75) is 32.6 Å². The summed E-state index contributed by atoms with van der Waals surface area (Å²) in [6.07, 6.45) is 7.71. The van der Waals surface area contributed by atoms with E-state index in [2.05, 4.69) is 56.2 Å². The molecule has 33 heavy (non-hydrogen) atoms. The second-order valence-electron chi connectivity index (χ2n) is 9.71. The number of benzene rings is 1. The van der Waals surface area contributed by atoms with E-state index in [1.54, 1.807) is 6.20 Å². The van der Waals surface area contributed by atoms with E-state index < -0.39 is 0 Å². The largest absolute Gasteiger partial charge is 0.369 e. The molecular formula is C26H34ClN5O. The van der Waals surface area contributed by atoms with Crippen molar-refractivity contribution in [2.24, 2.45) is 5.41 Å². The van der Waals surface area contributed by atoms with Crippen LogP contribution >= 0.6 is 11.6 Å². The molecule has 1 aromatic carbocycles. The zero-order valence-electron chi connectivity index (χ0n) is 19.5. The van der Waals surface area contributed by atoms with Gasteiger partial charge in [0.05, 0.1) is 16.1 Å². The fourth-order valence-electron chi connectivity index (χ4n) is 5.81. The summed E-state index contributed by atoms with van der Waals surface area (Å²) in [5, 5.41) is 3.70. The molecule has 3 aliphatic rings. The maximum Gasteiger partial charge on any atom is 0.228 e. The number of hydrogen-bond acceptors (Lipinski definition) is 5. The highest BCUT2D eigenvalue weighted by Gasteiger charge is 2.45. The van der Waals surface area contributed by atoms with E-state index in [1.165, 1.54) is 18.7 Å². The van der Waals surface area contributed by atoms with Gasteiger partial charge in [0.15, 0.2) is 0 Å². The number of nitrogens with one attached hydrogen (secondary N) is 1. The molecule has 3 saturated heterocycles. The molecule has 4 heterocycles. The van der Waals surface area contributed by atoms with Crippen LogP contribution in [0.15, 0.2) is 36.7 Å². The molecule has 176 valence electrons. The molecule has 1 spiro atoms. The highest BCUT2D eigenvalue weighted by atomic mass is 35.5. The van der Waals surface area contributed by atoms with Crippen molar-refractivity contribution >= 4 is 28.9 Å². The summed E-state index contributed by atoms with van der Waals surface area (Å²) in [4.78, 5) is 24.4. The van der Waals surface area contributed by atoms with Gasteiger partial charge in [-0.25, -0.2) is 0 Å². The molecule has 1 N–H and O–H groups in total. The number of aromatic nitrogens is 1. The lowest BCUT2D eigenvalue weighted by Crippen LogP contribution is -2.47. The molecule has 0 saturated carbocycles. The quantitative estimate of drug-likeness (QED) is 0.719. The molecular weight excluding hydrogens is 434 g/mol. The average molecular weight is 468 g/mol. The van der Waals surface area contributed by atoms with Gasteiger partial charge >= 0.3 is 0 Å². The van der Waals surface area contributed by atoms with Gasteiger partial charge < -0.3 is 15.1 Å². The molecule has 7 heteroatoms. The molecule has 1 atom stereocenters. The van der Waals surface area contributed by atoms with Crippen LogP contribution in [0.1, 0.15) is 32.6 Å². The van der Waals surface area contributed by atoms with Crippen molar-refractivity contribution < 1.29 is 4.79 Å². The fraction of sp³-hybridized carbons (Fsp3) is 0.538. The van der Waals surface area contributed by atoms with E-state index in [1.807, 2.05) is 6.20 Å². The van der Waals surface area contributed by atoms with Crippen molar-refractivity contribution in [3.63, 3.8) is 0 Å². The summed E-state index contributed by atoms with van der Waals surface area (Å²) in [6.45, 7) is 10.1. The van der Waals surface area contributed by atoms with E-state index >= 15 is 0 Å². The van der Waals surface area contributed by atoms with E-state index in [0.29, 0.717) is 11.6 Å². The summed E-state index contributed by atoms with van der Waals surface area (Å²) in [5.74, 6) is 0.197. The maximum absolute atomic E-state index is 12.7. The van der Waals surface area contributed by atoms with Gasteiger partial charge in [0.1, 0.15) is 0 Å². The molecule has 5 rings (SSSR count). The predicted octanol–water partition coefficient (Wildman–Crippen LogP) is 4.04. The Labute approximate surface area is 201 Å². The third-order valence-corrected chi connectivity index (χ3v) is 7.85. The highest BCUT2D eigenvalue weighted by Crippen LogP contribution is 2.43. The first kappa shape index (κ1) is 22.5. The zero-order valence-corrected chi connectivity index (χ0v) is 20.3. The molecule has 1 amide bonds. The maximum atomic E-state index is 12.7. The number of piperazine rings is 1. The number of pyridine rings is 1. The van der Waals surface area contributed by atoms with Gasteiger partial charge in [-0.1, -0.05) is 30.7 Å². The normalized spacial score (nSPS) is 23.9. The number of hydrogen-bond donors (Lipinski definition) is 1. The Kier molecular flexibility index (Phi) is 6.48. The minimum Gasteiger partial charge on any atom is -0.369 e. The lowest BCUT2D eigenvalue weighted by Gasteiger charge is -2.40. The monoisotopic (exact) mass is 467 g/mol. The topological polar surface area (TPSA) is 51.7 Å². The third-order valence-electron chi connectivity index (χ3n) is 7.57. The minimum absolute atomic E-state index is 0.197. The van der Waals surface area contributed by atoms with Crippen molar-refractivity contribution in [2.75, 3.05) is 62.2 Å². The van der Waals surface area contributed by atoms with Crippen LogP contribution in [0.2, 0.25) is 5.02 Å². The van der Waals surface area contributed by atoms with E-state index in [-0.39, 0.29) is 11.3 Å². The fourth-order valence-corrected chi connectivity index (χ4v) is 6.08. The number of halogens is 1. The van der Waals surface area contributed by atoms with Crippen LogP contribution < -0.4 is 15.1 Å². The summed E-state index contributed by atoms with van der Waals surface area (Å²) >= 11 is 6.76. The summed E-state index contributed by atoms with van der Waals surface area (Å²) < 4.78 is 0. The Morgan fingerprint density at radius 1 is 1.09 bits per heavy atom. The number of carbonyl (C=O) groups excluding carboxylic acids is 1. The minimum atomic E-state index is -0.290. The molecule has 1 unspecified atom stereocenters. The van der Waals surface area contributed by atoms with Crippen LogP contribution in [0, 0.1) is 5.41 Å². The molecule has 0 bridgehead atoms. The molecule has 0 radical (unpaired) electrons. The average Bonchev–Trinajstić information content (AvgIpc) is 3.18. The van der Waals surface area contributed by atoms with Gasteiger partial charge in [-0.05, 0) is 49.9 Å². The van der Waals surface area contributed by atoms with E-state index in [4.69, 9.17) is 11.6 Å². The number of nitrogens with zero attached hydrogens (tertiary/aromatic N) is 4. The first-order valence-electron chi connectivity index (χ1n) is 12.3. The van der Waals surface area contributed by atoms with Crippen LogP contribution in [0.3, 0.4) is 0 Å². The van der Waals surface area contributed by atoms with Gasteiger partial charge in [-0.3, -0.25) is 14.7 Å². The Morgan fingerprint density at radius 2 is 1.94 bits per heavy atom. The van der Waals surface area contributed by atoms with Gasteiger partial charge in [-0.15, -0.1) is 0 Å². The number of amides is 1. The zero-order chi connectivity index (χ0) is 22.8. The van der Waals surface area contributed by atoms with Crippen LogP contribution in [0.25, 0.3) is 11.1 Å². The number of anilines is 2. The number of rotatable bonds is 5. The first-order valence-corrected chi connectivity index (χ1v) is 12.7. The second kappa shape index (κ2) is 9.51. The predicted molar refractivity (Wildman–Crippen MR) is 135 cm³/mol. The van der Waals surface area contributed by atoms with E-state index in [9.17, 15) is 4.79 Å². The number of piperidine rings is 1. The Bertz CT molecular complexity index is 1010. The van der Waals surface area contributed by atoms with Crippen LogP contribution in [0.5, 0.6) is 0 Å². The second-order valence-corrected chi connectivity index (χ2v) is 10.1. The summed E-state index contributed by atoms with van der Waals surface area (Å²) in [5.41, 5.74) is 4.14. The smallest absolute Gasteiger partial charge is 0.228 e. The van der Waals surface area contributed by atoms with Crippen LogP contribution in [-0.2, 0) is 4.79 Å². The van der Waals surface area contributed by atoms with Crippen molar-refractivity contribution in [1.82, 2.24) is 15.2 Å². The SMILES string of the molecule is CCCN1CCN(c2cccc(-c3cncc(Cl)c3N3CCCC4(CCNC4=O)C3)c2)CC1.